The number of piperidine rings is 3. The first-order chi connectivity index (χ1) is 12.2. The van der Waals surface area contributed by atoms with Crippen molar-refractivity contribution in [3.05, 3.63) is 47.8 Å². The van der Waals surface area contributed by atoms with E-state index in [-0.39, 0.29) is 10.8 Å². The molecule has 3 aromatic rings. The number of hydrogen-bond acceptors (Lipinski definition) is 4. The van der Waals surface area contributed by atoms with Gasteiger partial charge >= 0.3 is 0 Å². The van der Waals surface area contributed by atoms with Crippen LogP contribution in [-0.2, 0) is 0 Å². The number of ether oxygens (including phenoxy) is 1. The van der Waals surface area contributed by atoms with Crippen molar-refractivity contribution in [2.24, 2.45) is 5.92 Å². The standard InChI is InChI=1S/C19H20N4O2/c24-23-9-6-13(7-10-23)18(12-23)25-19-4-3-17(21-22-19)14-1-2-16-15(11-14)5-8-20-16/h1-5,8,11,13,18,20H,6-7,9-10,12H2/t13?,18-,23?/m0/s1. The number of quaternary nitrogens is 1. The Morgan fingerprint density at radius 3 is 2.72 bits per heavy atom. The average molecular weight is 336 g/mol. The van der Waals surface area contributed by atoms with Crippen LogP contribution in [-0.4, -0.2) is 45.6 Å². The average Bonchev–Trinajstić information content (AvgIpc) is 3.10. The van der Waals surface area contributed by atoms with Gasteiger partial charge in [-0.3, -0.25) is 0 Å². The molecule has 3 saturated heterocycles. The molecule has 128 valence electrons. The molecule has 0 amide bonds. The Bertz CT molecular complexity index is 897. The molecule has 0 saturated carbocycles. The van der Waals surface area contributed by atoms with E-state index in [1.165, 1.54) is 0 Å². The summed E-state index contributed by atoms with van der Waals surface area (Å²) in [5.41, 5.74) is 2.95. The first-order valence-corrected chi connectivity index (χ1v) is 8.84. The van der Waals surface area contributed by atoms with E-state index in [9.17, 15) is 5.21 Å². The van der Waals surface area contributed by atoms with Crippen LogP contribution in [0.25, 0.3) is 22.2 Å². The summed E-state index contributed by atoms with van der Waals surface area (Å²) in [5, 5.41) is 22.2. The van der Waals surface area contributed by atoms with Gasteiger partial charge < -0.3 is 19.6 Å². The van der Waals surface area contributed by atoms with E-state index < -0.39 is 0 Å². The number of aromatic nitrogens is 3. The summed E-state index contributed by atoms with van der Waals surface area (Å²) < 4.78 is 5.90. The zero-order chi connectivity index (χ0) is 16.9. The molecule has 2 aromatic heterocycles. The summed E-state index contributed by atoms with van der Waals surface area (Å²) in [6.07, 6.45) is 3.81. The molecule has 0 unspecified atom stereocenters. The Morgan fingerprint density at radius 1 is 1.08 bits per heavy atom. The molecule has 1 atom stereocenters. The normalized spacial score (nSPS) is 28.4. The number of nitrogens with one attached hydrogen (secondary N) is 1. The van der Waals surface area contributed by atoms with Crippen LogP contribution >= 0.6 is 0 Å². The minimum Gasteiger partial charge on any atom is -0.633 e. The zero-order valence-electron chi connectivity index (χ0n) is 13.9. The van der Waals surface area contributed by atoms with Crippen molar-refractivity contribution in [3.8, 4) is 17.1 Å². The van der Waals surface area contributed by atoms with Gasteiger partial charge in [-0.1, -0.05) is 6.07 Å². The number of aromatic amines is 1. The van der Waals surface area contributed by atoms with Crippen molar-refractivity contribution >= 4 is 10.9 Å². The van der Waals surface area contributed by atoms with Gasteiger partial charge in [0.15, 0.2) is 6.10 Å². The molecule has 1 aromatic carbocycles. The molecule has 0 aliphatic carbocycles. The number of nitrogens with zero attached hydrogens (tertiary/aromatic N) is 3. The van der Waals surface area contributed by atoms with Crippen LogP contribution in [0.15, 0.2) is 42.6 Å². The molecule has 0 radical (unpaired) electrons. The molecular weight excluding hydrogens is 316 g/mol. The highest BCUT2D eigenvalue weighted by atomic mass is 16.6. The van der Waals surface area contributed by atoms with Gasteiger partial charge in [0.2, 0.25) is 5.88 Å². The van der Waals surface area contributed by atoms with Gasteiger partial charge in [0.05, 0.1) is 18.8 Å². The SMILES string of the molecule is [O-][N+]12CCC(CC1)[C@@H](Oc1ccc(-c3ccc4[nH]ccc4c3)nn1)C2. The van der Waals surface area contributed by atoms with Crippen molar-refractivity contribution in [3.63, 3.8) is 0 Å². The monoisotopic (exact) mass is 336 g/mol. The van der Waals surface area contributed by atoms with Crippen molar-refractivity contribution in [2.75, 3.05) is 19.6 Å². The third-order valence-electron chi connectivity index (χ3n) is 5.61. The molecule has 3 aliphatic rings. The molecule has 0 spiro atoms. The molecule has 25 heavy (non-hydrogen) atoms. The van der Waals surface area contributed by atoms with Crippen LogP contribution in [0.3, 0.4) is 0 Å². The predicted molar refractivity (Wildman–Crippen MR) is 94.7 cm³/mol. The molecular formula is C19H20N4O2. The molecule has 1 N–H and O–H groups in total. The highest BCUT2D eigenvalue weighted by molar-refractivity contribution is 5.84. The Labute approximate surface area is 145 Å². The second-order valence-electron chi connectivity index (χ2n) is 7.22. The maximum atomic E-state index is 12.5. The van der Waals surface area contributed by atoms with E-state index in [1.54, 1.807) is 0 Å². The quantitative estimate of drug-likeness (QED) is 0.589. The number of fused-ring (bicyclic) bond motifs is 4. The molecule has 3 fully saturated rings. The summed E-state index contributed by atoms with van der Waals surface area (Å²) in [7, 11) is 0. The number of rotatable bonds is 3. The van der Waals surface area contributed by atoms with Crippen molar-refractivity contribution in [2.45, 2.75) is 18.9 Å². The Balaban J connectivity index is 1.35. The molecule has 3 aliphatic heterocycles. The maximum Gasteiger partial charge on any atom is 0.233 e. The van der Waals surface area contributed by atoms with Gasteiger partial charge in [-0.05, 0) is 24.3 Å². The second-order valence-corrected chi connectivity index (χ2v) is 7.22. The predicted octanol–water partition coefficient (Wildman–Crippen LogP) is 3.11. The molecule has 2 bridgehead atoms. The van der Waals surface area contributed by atoms with E-state index >= 15 is 0 Å². The Hall–Kier alpha value is -2.44. The van der Waals surface area contributed by atoms with E-state index in [0.717, 1.165) is 48.1 Å². The molecule has 6 heteroatoms. The highest BCUT2D eigenvalue weighted by Gasteiger charge is 2.42. The van der Waals surface area contributed by atoms with E-state index in [4.69, 9.17) is 4.74 Å². The maximum absolute atomic E-state index is 12.5. The number of benzene rings is 1. The summed E-state index contributed by atoms with van der Waals surface area (Å²) >= 11 is 0. The van der Waals surface area contributed by atoms with Crippen molar-refractivity contribution in [1.29, 1.82) is 0 Å². The van der Waals surface area contributed by atoms with Gasteiger partial charge in [-0.2, -0.15) is 0 Å². The van der Waals surface area contributed by atoms with E-state index in [1.807, 2.05) is 36.5 Å². The number of H-pyrrole nitrogens is 1. The largest absolute Gasteiger partial charge is 0.633 e. The fourth-order valence-corrected chi connectivity index (χ4v) is 4.13. The van der Waals surface area contributed by atoms with Crippen LogP contribution < -0.4 is 4.74 Å². The first-order valence-electron chi connectivity index (χ1n) is 8.84. The van der Waals surface area contributed by atoms with E-state index in [0.29, 0.717) is 18.3 Å². The van der Waals surface area contributed by atoms with Gasteiger partial charge in [-0.25, -0.2) is 0 Å². The second kappa shape index (κ2) is 5.54. The van der Waals surface area contributed by atoms with Crippen molar-refractivity contribution in [1.82, 2.24) is 15.2 Å². The van der Waals surface area contributed by atoms with Gasteiger partial charge in [-0.15, -0.1) is 10.2 Å². The van der Waals surface area contributed by atoms with Gasteiger partial charge in [0.1, 0.15) is 6.54 Å². The lowest BCUT2D eigenvalue weighted by atomic mass is 9.85. The Kier molecular flexibility index (Phi) is 3.29. The molecule has 6 nitrogen and oxygen atoms in total. The summed E-state index contributed by atoms with van der Waals surface area (Å²) in [5.74, 6) is 0.989. The lowest BCUT2D eigenvalue weighted by Crippen LogP contribution is -2.61. The fourth-order valence-electron chi connectivity index (χ4n) is 4.13. The number of hydroxylamine groups is 3. The number of hydrogen-bond donors (Lipinski definition) is 1. The summed E-state index contributed by atoms with van der Waals surface area (Å²) in [4.78, 5) is 3.19. The van der Waals surface area contributed by atoms with E-state index in [2.05, 4.69) is 21.2 Å². The Morgan fingerprint density at radius 2 is 1.96 bits per heavy atom. The smallest absolute Gasteiger partial charge is 0.233 e. The third-order valence-corrected chi connectivity index (χ3v) is 5.61. The lowest BCUT2D eigenvalue weighted by molar-refractivity contribution is -0.900. The molecule has 5 heterocycles. The van der Waals surface area contributed by atoms with Crippen LogP contribution in [0.1, 0.15) is 12.8 Å². The topological polar surface area (TPSA) is 73.9 Å². The first kappa shape index (κ1) is 14.9. The summed E-state index contributed by atoms with van der Waals surface area (Å²) in [6, 6.07) is 12.0. The van der Waals surface area contributed by atoms with Gasteiger partial charge in [0.25, 0.3) is 0 Å². The van der Waals surface area contributed by atoms with Gasteiger partial charge in [0, 0.05) is 47.5 Å². The zero-order valence-corrected chi connectivity index (χ0v) is 13.9. The van der Waals surface area contributed by atoms with Crippen molar-refractivity contribution < 1.29 is 9.38 Å². The summed E-state index contributed by atoms with van der Waals surface area (Å²) in [6.45, 7) is 2.01. The van der Waals surface area contributed by atoms with Crippen LogP contribution in [0.4, 0.5) is 0 Å². The minimum absolute atomic E-state index is 0.0312. The lowest BCUT2D eigenvalue weighted by Gasteiger charge is -2.54. The van der Waals surface area contributed by atoms with Crippen LogP contribution in [0, 0.1) is 11.1 Å². The van der Waals surface area contributed by atoms with Crippen LogP contribution in [0.5, 0.6) is 5.88 Å². The van der Waals surface area contributed by atoms with Crippen LogP contribution in [0.2, 0.25) is 0 Å². The third kappa shape index (κ3) is 2.67. The molecule has 6 rings (SSSR count). The minimum atomic E-state index is -0.108. The highest BCUT2D eigenvalue weighted by Crippen LogP contribution is 2.35. The fraction of sp³-hybridized carbons (Fsp3) is 0.368.